The molecule has 0 unspecified atom stereocenters. The monoisotopic (exact) mass is 492 g/mol. The van der Waals surface area contributed by atoms with E-state index in [0.29, 0.717) is 5.56 Å². The molecule has 0 aliphatic heterocycles. The van der Waals surface area contributed by atoms with Crippen LogP contribution in [0.25, 0.3) is 6.08 Å². The van der Waals surface area contributed by atoms with Gasteiger partial charge in [0.1, 0.15) is 11.5 Å². The molecule has 0 amide bonds. The van der Waals surface area contributed by atoms with E-state index in [1.54, 1.807) is 36.4 Å². The van der Waals surface area contributed by atoms with Crippen LogP contribution in [0.15, 0.2) is 54.6 Å². The number of hydrogen-bond donors (Lipinski definition) is 1. The second-order valence-electron chi connectivity index (χ2n) is 9.97. The van der Waals surface area contributed by atoms with E-state index in [9.17, 15) is 9.90 Å². The predicted octanol–water partition coefficient (Wildman–Crippen LogP) is 9.93. The zero-order valence-electron chi connectivity index (χ0n) is 22.6. The van der Waals surface area contributed by atoms with E-state index in [2.05, 4.69) is 6.92 Å². The van der Waals surface area contributed by atoms with Crippen LogP contribution >= 0.6 is 0 Å². The number of carbonyl (C=O) groups excluding carboxylic acids is 1. The molecule has 2 rings (SSSR count). The third-order valence-electron chi connectivity index (χ3n) is 6.73. The highest BCUT2D eigenvalue weighted by Gasteiger charge is 2.03. The molecule has 3 nitrogen and oxygen atoms in total. The van der Waals surface area contributed by atoms with Crippen molar-refractivity contribution in [3.8, 4) is 11.5 Å². The van der Waals surface area contributed by atoms with Crippen LogP contribution in [-0.4, -0.2) is 17.5 Å². The lowest BCUT2D eigenvalue weighted by molar-refractivity contribution is 0.104. The molecule has 0 radical (unpaired) electrons. The average molecular weight is 493 g/mol. The van der Waals surface area contributed by atoms with Crippen LogP contribution in [0.5, 0.6) is 11.5 Å². The van der Waals surface area contributed by atoms with Gasteiger partial charge >= 0.3 is 0 Å². The Bertz CT molecular complexity index is 836. The fourth-order valence-electron chi connectivity index (χ4n) is 4.41. The van der Waals surface area contributed by atoms with Crippen LogP contribution in [0.2, 0.25) is 0 Å². The van der Waals surface area contributed by atoms with Crippen LogP contribution in [-0.2, 0) is 0 Å². The summed E-state index contributed by atoms with van der Waals surface area (Å²) in [4.78, 5) is 12.3. The van der Waals surface area contributed by atoms with Crippen molar-refractivity contribution >= 4 is 11.9 Å². The van der Waals surface area contributed by atoms with Gasteiger partial charge in [-0.25, -0.2) is 0 Å². The Hall–Kier alpha value is -2.55. The molecule has 0 saturated heterocycles. The Kier molecular flexibility index (Phi) is 16.2. The van der Waals surface area contributed by atoms with Crippen molar-refractivity contribution in [3.63, 3.8) is 0 Å². The Labute approximate surface area is 220 Å². The maximum atomic E-state index is 12.3. The summed E-state index contributed by atoms with van der Waals surface area (Å²) in [5.74, 6) is 0.983. The first-order valence-electron chi connectivity index (χ1n) is 14.4. The maximum absolute atomic E-state index is 12.3. The van der Waals surface area contributed by atoms with Gasteiger partial charge in [0.05, 0.1) is 6.61 Å². The fraction of sp³-hybridized carbons (Fsp3) is 0.545. The summed E-state index contributed by atoms with van der Waals surface area (Å²) in [7, 11) is 0. The first-order valence-corrected chi connectivity index (χ1v) is 14.4. The van der Waals surface area contributed by atoms with Crippen molar-refractivity contribution < 1.29 is 14.6 Å². The van der Waals surface area contributed by atoms with Crippen molar-refractivity contribution in [3.05, 3.63) is 65.7 Å². The molecule has 2 aromatic carbocycles. The van der Waals surface area contributed by atoms with E-state index in [4.69, 9.17) is 4.74 Å². The highest BCUT2D eigenvalue weighted by molar-refractivity contribution is 6.06. The summed E-state index contributed by atoms with van der Waals surface area (Å²) in [6.45, 7) is 3.01. The van der Waals surface area contributed by atoms with Gasteiger partial charge in [0.15, 0.2) is 5.78 Å². The van der Waals surface area contributed by atoms with Gasteiger partial charge in [-0.1, -0.05) is 121 Å². The SMILES string of the molecule is CCCCCCCCCCCCCCCCCCOc1ccc(C(=O)C=Cc2ccc(O)cc2)cc1. The largest absolute Gasteiger partial charge is 0.508 e. The summed E-state index contributed by atoms with van der Waals surface area (Å²) in [5, 5.41) is 9.33. The lowest BCUT2D eigenvalue weighted by atomic mass is 10.0. The van der Waals surface area contributed by atoms with Crippen molar-refractivity contribution in [1.82, 2.24) is 0 Å². The summed E-state index contributed by atoms with van der Waals surface area (Å²) in [6, 6.07) is 14.1. The quantitative estimate of drug-likeness (QED) is 0.107. The van der Waals surface area contributed by atoms with Crippen molar-refractivity contribution in [2.24, 2.45) is 0 Å². The summed E-state index contributed by atoms with van der Waals surface area (Å²) in [5.41, 5.74) is 1.51. The summed E-state index contributed by atoms with van der Waals surface area (Å²) < 4.78 is 5.85. The van der Waals surface area contributed by atoms with Gasteiger partial charge in [-0.15, -0.1) is 0 Å². The lowest BCUT2D eigenvalue weighted by Gasteiger charge is -2.07. The number of phenolic OH excluding ortho intramolecular Hbond substituents is 1. The van der Waals surface area contributed by atoms with Crippen LogP contribution in [0, 0.1) is 0 Å². The number of benzene rings is 2. The topological polar surface area (TPSA) is 46.5 Å². The van der Waals surface area contributed by atoms with Crippen LogP contribution < -0.4 is 4.74 Å². The van der Waals surface area contributed by atoms with Crippen LogP contribution in [0.1, 0.15) is 126 Å². The van der Waals surface area contributed by atoms with Gasteiger partial charge in [0, 0.05) is 5.56 Å². The molecule has 36 heavy (non-hydrogen) atoms. The van der Waals surface area contributed by atoms with E-state index in [1.807, 2.05) is 24.3 Å². The van der Waals surface area contributed by atoms with E-state index in [1.165, 1.54) is 96.3 Å². The number of ether oxygens (including phenoxy) is 1. The number of hydrogen-bond acceptors (Lipinski definition) is 3. The number of phenols is 1. The first-order chi connectivity index (χ1) is 17.7. The van der Waals surface area contributed by atoms with Gasteiger partial charge in [-0.3, -0.25) is 4.79 Å². The Morgan fingerprint density at radius 3 is 1.64 bits per heavy atom. The zero-order chi connectivity index (χ0) is 25.7. The molecule has 0 aliphatic carbocycles. The van der Waals surface area contributed by atoms with Crippen LogP contribution in [0.3, 0.4) is 0 Å². The van der Waals surface area contributed by atoms with Crippen LogP contribution in [0.4, 0.5) is 0 Å². The molecule has 3 heteroatoms. The number of rotatable bonds is 21. The highest BCUT2D eigenvalue weighted by atomic mass is 16.5. The van der Waals surface area contributed by atoms with Gasteiger partial charge in [0.2, 0.25) is 0 Å². The van der Waals surface area contributed by atoms with E-state index in [0.717, 1.165) is 24.3 Å². The third-order valence-corrected chi connectivity index (χ3v) is 6.73. The molecule has 0 atom stereocenters. The number of unbranched alkanes of at least 4 members (excludes halogenated alkanes) is 15. The standard InChI is InChI=1S/C33H48O3/c1-2-3-4-5-6-7-8-9-10-11-12-13-14-15-16-17-28-36-32-25-21-30(22-26-32)33(35)27-20-29-18-23-31(34)24-19-29/h18-27,34H,2-17,28H2,1H3. The zero-order valence-corrected chi connectivity index (χ0v) is 22.6. The summed E-state index contributed by atoms with van der Waals surface area (Å²) >= 11 is 0. The molecule has 0 bridgehead atoms. The summed E-state index contributed by atoms with van der Waals surface area (Å²) in [6.07, 6.45) is 25.2. The highest BCUT2D eigenvalue weighted by Crippen LogP contribution is 2.16. The molecule has 0 saturated carbocycles. The molecule has 198 valence electrons. The van der Waals surface area contributed by atoms with E-state index >= 15 is 0 Å². The Morgan fingerprint density at radius 2 is 1.14 bits per heavy atom. The number of carbonyl (C=O) groups is 1. The molecule has 0 spiro atoms. The molecule has 0 heterocycles. The molecule has 0 aliphatic rings. The smallest absolute Gasteiger partial charge is 0.185 e. The minimum atomic E-state index is -0.0487. The minimum absolute atomic E-state index is 0.0487. The maximum Gasteiger partial charge on any atom is 0.185 e. The molecule has 0 fully saturated rings. The van der Waals surface area contributed by atoms with Gasteiger partial charge in [-0.2, -0.15) is 0 Å². The van der Waals surface area contributed by atoms with Gasteiger partial charge in [0.25, 0.3) is 0 Å². The number of ketones is 1. The third kappa shape index (κ3) is 14.1. The molecule has 0 aromatic heterocycles. The molecular formula is C33H48O3. The Balaban J connectivity index is 1.43. The number of aromatic hydroxyl groups is 1. The predicted molar refractivity (Wildman–Crippen MR) is 153 cm³/mol. The van der Waals surface area contributed by atoms with Crippen molar-refractivity contribution in [2.45, 2.75) is 110 Å². The van der Waals surface area contributed by atoms with Gasteiger partial charge < -0.3 is 9.84 Å². The lowest BCUT2D eigenvalue weighted by Crippen LogP contribution is -1.99. The molecular weight excluding hydrogens is 444 g/mol. The molecule has 2 aromatic rings. The fourth-order valence-corrected chi connectivity index (χ4v) is 4.41. The van der Waals surface area contributed by atoms with E-state index < -0.39 is 0 Å². The molecule has 1 N–H and O–H groups in total. The number of allylic oxidation sites excluding steroid dienone is 1. The average Bonchev–Trinajstić information content (AvgIpc) is 2.90. The Morgan fingerprint density at radius 1 is 0.667 bits per heavy atom. The second-order valence-corrected chi connectivity index (χ2v) is 9.97. The second kappa shape index (κ2) is 19.6. The minimum Gasteiger partial charge on any atom is -0.508 e. The first kappa shape index (κ1) is 29.7. The van der Waals surface area contributed by atoms with Crippen molar-refractivity contribution in [1.29, 1.82) is 0 Å². The van der Waals surface area contributed by atoms with Gasteiger partial charge in [-0.05, 0) is 54.5 Å². The van der Waals surface area contributed by atoms with E-state index in [-0.39, 0.29) is 11.5 Å². The normalized spacial score (nSPS) is 11.2. The van der Waals surface area contributed by atoms with Crippen molar-refractivity contribution in [2.75, 3.05) is 6.61 Å².